The lowest BCUT2D eigenvalue weighted by atomic mass is 10.0. The van der Waals surface area contributed by atoms with Crippen molar-refractivity contribution in [3.63, 3.8) is 0 Å². The first kappa shape index (κ1) is 19.6. The number of β-amino-alcohol motifs (C(OH)–C–C–N with tert-alkyl or cyclic N) is 1. The molecule has 0 saturated carbocycles. The molecule has 0 bridgehead atoms. The van der Waals surface area contributed by atoms with Crippen LogP contribution in [0.2, 0.25) is 0 Å². The van der Waals surface area contributed by atoms with Gasteiger partial charge in [0.25, 0.3) is 0 Å². The van der Waals surface area contributed by atoms with E-state index in [4.69, 9.17) is 5.11 Å². The van der Waals surface area contributed by atoms with Crippen LogP contribution in [-0.2, 0) is 0 Å². The molecule has 1 N–H and O–H groups in total. The van der Waals surface area contributed by atoms with Gasteiger partial charge in [0.2, 0.25) is 0 Å². The molecule has 22 heavy (non-hydrogen) atoms. The number of aliphatic hydroxyl groups is 1. The average Bonchev–Trinajstić information content (AvgIpc) is 2.96. The van der Waals surface area contributed by atoms with E-state index in [2.05, 4.69) is 16.8 Å². The molecule has 130 valence electrons. The second-order valence-electron chi connectivity index (χ2n) is 6.71. The van der Waals surface area contributed by atoms with Crippen molar-refractivity contribution >= 4 is 6.21 Å². The Morgan fingerprint density at radius 3 is 2.00 bits per heavy atom. The lowest BCUT2D eigenvalue weighted by Crippen LogP contribution is -2.32. The highest BCUT2D eigenvalue weighted by molar-refractivity contribution is 5.62. The second-order valence-corrected chi connectivity index (χ2v) is 6.71. The molecule has 1 unspecified atom stereocenters. The van der Waals surface area contributed by atoms with Crippen LogP contribution in [0.5, 0.6) is 0 Å². The summed E-state index contributed by atoms with van der Waals surface area (Å²) < 4.78 is 0. The Bertz CT molecular complexity index is 268. The number of nitrogens with zero attached hydrogens (tertiary/aromatic N) is 2. The van der Waals surface area contributed by atoms with Crippen molar-refractivity contribution in [2.75, 3.05) is 19.7 Å². The predicted molar refractivity (Wildman–Crippen MR) is 96.6 cm³/mol. The van der Waals surface area contributed by atoms with Gasteiger partial charge in [0.1, 0.15) is 6.17 Å². The van der Waals surface area contributed by atoms with E-state index < -0.39 is 0 Å². The molecule has 0 radical (unpaired) electrons. The molecule has 3 nitrogen and oxygen atoms in total. The highest BCUT2D eigenvalue weighted by atomic mass is 16.3. The number of hydrogen-bond donors (Lipinski definition) is 1. The molecule has 0 amide bonds. The van der Waals surface area contributed by atoms with Crippen LogP contribution in [0.25, 0.3) is 0 Å². The first-order valence-corrected chi connectivity index (χ1v) is 9.75. The molecule has 1 atom stereocenters. The molecule has 1 heterocycles. The van der Waals surface area contributed by atoms with E-state index in [1.54, 1.807) is 0 Å². The standard InChI is InChI=1S/C19H38N2O/c1-2-3-4-5-6-7-8-9-10-11-12-13-14-19-20-15-16-21(19)17-18-22/h15,19,22H,2-14,16-18H2,1H3. The van der Waals surface area contributed by atoms with Gasteiger partial charge in [-0.1, -0.05) is 77.6 Å². The van der Waals surface area contributed by atoms with Crippen molar-refractivity contribution in [1.82, 2.24) is 4.90 Å². The third-order valence-corrected chi connectivity index (χ3v) is 4.72. The zero-order valence-electron chi connectivity index (χ0n) is 14.8. The summed E-state index contributed by atoms with van der Waals surface area (Å²) in [5.41, 5.74) is 0. The van der Waals surface area contributed by atoms with Crippen LogP contribution >= 0.6 is 0 Å². The van der Waals surface area contributed by atoms with Gasteiger partial charge >= 0.3 is 0 Å². The fourth-order valence-electron chi connectivity index (χ4n) is 3.28. The third kappa shape index (κ3) is 9.58. The molecule has 3 heteroatoms. The van der Waals surface area contributed by atoms with Crippen molar-refractivity contribution in [2.45, 2.75) is 96.6 Å². The first-order valence-electron chi connectivity index (χ1n) is 9.75. The largest absolute Gasteiger partial charge is 0.395 e. The number of unbranched alkanes of at least 4 members (excludes halogenated alkanes) is 11. The van der Waals surface area contributed by atoms with Gasteiger partial charge < -0.3 is 5.11 Å². The van der Waals surface area contributed by atoms with Gasteiger partial charge in [-0.2, -0.15) is 0 Å². The summed E-state index contributed by atoms with van der Waals surface area (Å²) in [6.45, 7) is 4.22. The SMILES string of the molecule is CCCCCCCCCCCCCCC1N=CCN1CCO. The van der Waals surface area contributed by atoms with Crippen LogP contribution in [0.15, 0.2) is 4.99 Å². The number of hydrogen-bond acceptors (Lipinski definition) is 3. The molecule has 1 aliphatic rings. The van der Waals surface area contributed by atoms with Crippen molar-refractivity contribution in [3.8, 4) is 0 Å². The number of rotatable bonds is 15. The molecular weight excluding hydrogens is 272 g/mol. The van der Waals surface area contributed by atoms with E-state index in [0.717, 1.165) is 19.5 Å². The normalized spacial score (nSPS) is 18.4. The molecule has 0 aromatic carbocycles. The van der Waals surface area contributed by atoms with Gasteiger partial charge in [-0.15, -0.1) is 0 Å². The lowest BCUT2D eigenvalue weighted by Gasteiger charge is -2.21. The summed E-state index contributed by atoms with van der Waals surface area (Å²) >= 11 is 0. The van der Waals surface area contributed by atoms with Crippen LogP contribution in [0.3, 0.4) is 0 Å². The monoisotopic (exact) mass is 310 g/mol. The molecule has 0 spiro atoms. The van der Waals surface area contributed by atoms with E-state index in [1.165, 1.54) is 77.0 Å². The molecule has 1 rings (SSSR count). The highest BCUT2D eigenvalue weighted by Gasteiger charge is 2.19. The van der Waals surface area contributed by atoms with Crippen molar-refractivity contribution < 1.29 is 5.11 Å². The molecule has 1 aliphatic heterocycles. The number of aliphatic imine (C=N–C) groups is 1. The van der Waals surface area contributed by atoms with Gasteiger partial charge in [-0.05, 0) is 12.8 Å². The first-order chi connectivity index (χ1) is 10.9. The minimum absolute atomic E-state index is 0.248. The van der Waals surface area contributed by atoms with Crippen molar-refractivity contribution in [2.24, 2.45) is 4.99 Å². The minimum Gasteiger partial charge on any atom is -0.395 e. The zero-order chi connectivity index (χ0) is 15.9. The Hall–Kier alpha value is -0.410. The van der Waals surface area contributed by atoms with Gasteiger partial charge in [0, 0.05) is 19.3 Å². The molecular formula is C19H38N2O. The predicted octanol–water partition coefficient (Wildman–Crippen LogP) is 4.78. The third-order valence-electron chi connectivity index (χ3n) is 4.72. The summed E-state index contributed by atoms with van der Waals surface area (Å²) in [6.07, 6.45) is 20.3. The maximum Gasteiger partial charge on any atom is 0.102 e. The van der Waals surface area contributed by atoms with Gasteiger partial charge in [0.05, 0.1) is 6.61 Å². The maximum atomic E-state index is 9.02. The van der Waals surface area contributed by atoms with Crippen LogP contribution in [0, 0.1) is 0 Å². The van der Waals surface area contributed by atoms with E-state index in [9.17, 15) is 0 Å². The van der Waals surface area contributed by atoms with Crippen LogP contribution in [-0.4, -0.2) is 42.1 Å². The molecule has 0 aromatic heterocycles. The van der Waals surface area contributed by atoms with Crippen LogP contribution in [0.4, 0.5) is 0 Å². The van der Waals surface area contributed by atoms with Gasteiger partial charge in [-0.3, -0.25) is 9.89 Å². The second kappa shape index (κ2) is 14.2. The molecule has 0 fully saturated rings. The fourth-order valence-corrected chi connectivity index (χ4v) is 3.28. The maximum absolute atomic E-state index is 9.02. The topological polar surface area (TPSA) is 35.8 Å². The molecule has 0 aliphatic carbocycles. The van der Waals surface area contributed by atoms with E-state index >= 15 is 0 Å². The summed E-state index contributed by atoms with van der Waals surface area (Å²) in [5.74, 6) is 0. The Morgan fingerprint density at radius 2 is 1.45 bits per heavy atom. The number of aliphatic hydroxyl groups excluding tert-OH is 1. The Kier molecular flexibility index (Phi) is 12.7. The molecule has 0 aromatic rings. The van der Waals surface area contributed by atoms with Crippen LogP contribution in [0.1, 0.15) is 90.4 Å². The Balaban J connectivity index is 1.81. The van der Waals surface area contributed by atoms with Gasteiger partial charge in [0.15, 0.2) is 0 Å². The molecule has 0 saturated heterocycles. The minimum atomic E-state index is 0.248. The summed E-state index contributed by atoms with van der Waals surface area (Å²) in [5, 5.41) is 9.02. The van der Waals surface area contributed by atoms with E-state index in [-0.39, 0.29) is 6.61 Å². The highest BCUT2D eigenvalue weighted by Crippen LogP contribution is 2.16. The van der Waals surface area contributed by atoms with Crippen LogP contribution < -0.4 is 0 Å². The van der Waals surface area contributed by atoms with Crippen molar-refractivity contribution in [3.05, 3.63) is 0 Å². The lowest BCUT2D eigenvalue weighted by molar-refractivity contribution is 0.176. The van der Waals surface area contributed by atoms with Gasteiger partial charge in [-0.25, -0.2) is 0 Å². The summed E-state index contributed by atoms with van der Waals surface area (Å²) in [7, 11) is 0. The fraction of sp³-hybridized carbons (Fsp3) is 0.947. The summed E-state index contributed by atoms with van der Waals surface area (Å²) in [4.78, 5) is 6.79. The average molecular weight is 311 g/mol. The Labute approximate surface area is 138 Å². The smallest absolute Gasteiger partial charge is 0.102 e. The van der Waals surface area contributed by atoms with E-state index in [0.29, 0.717) is 6.17 Å². The van der Waals surface area contributed by atoms with Crippen molar-refractivity contribution in [1.29, 1.82) is 0 Å². The quantitative estimate of drug-likeness (QED) is 0.442. The Morgan fingerprint density at radius 1 is 0.909 bits per heavy atom. The zero-order valence-corrected chi connectivity index (χ0v) is 14.8. The van der Waals surface area contributed by atoms with E-state index in [1.807, 2.05) is 6.21 Å². The summed E-state index contributed by atoms with van der Waals surface area (Å²) in [6, 6.07) is 0.